The Morgan fingerprint density at radius 3 is 2.50 bits per heavy atom. The Morgan fingerprint density at radius 1 is 1.21 bits per heavy atom. The van der Waals surface area contributed by atoms with Crippen molar-refractivity contribution in [2.24, 2.45) is 0 Å². The zero-order chi connectivity index (χ0) is 19.9. The minimum Gasteiger partial charge on any atom is -0.484 e. The maximum atomic E-state index is 12.4. The monoisotopic (exact) mass is 420 g/mol. The highest BCUT2D eigenvalue weighted by molar-refractivity contribution is 7.08. The first kappa shape index (κ1) is 21.2. The van der Waals surface area contributed by atoms with Gasteiger partial charge in [0.15, 0.2) is 6.61 Å². The van der Waals surface area contributed by atoms with Gasteiger partial charge in [0.1, 0.15) is 5.75 Å². The number of nitrogens with zero attached hydrogens (tertiary/aromatic N) is 1. The minimum absolute atomic E-state index is 0.0108. The Bertz CT molecular complexity index is 748. The molecular weight excluding hydrogens is 392 g/mol. The Kier molecular flexibility index (Phi) is 7.77. The van der Waals surface area contributed by atoms with Crippen molar-refractivity contribution in [2.75, 3.05) is 26.2 Å². The predicted molar refractivity (Wildman–Crippen MR) is 117 cm³/mol. The van der Waals surface area contributed by atoms with E-state index in [0.717, 1.165) is 29.2 Å². The van der Waals surface area contributed by atoms with Crippen LogP contribution in [0.15, 0.2) is 29.0 Å². The molecule has 1 aliphatic heterocycles. The van der Waals surface area contributed by atoms with Crippen molar-refractivity contribution in [1.82, 2.24) is 10.2 Å². The standard InChI is InChI=1S/C22H29ClN2O2S/c1-16-11-19(12-17(2)22(16)23)27-14-21(26)24-13-20(18-7-10-28-15-18)25-8-5-3-4-6-9-25/h7,10-12,15,20H,3-6,8-9,13-14H2,1-2H3,(H,24,26). The molecule has 1 atom stereocenters. The van der Waals surface area contributed by atoms with E-state index in [1.807, 2.05) is 26.0 Å². The molecule has 0 radical (unpaired) electrons. The SMILES string of the molecule is Cc1cc(OCC(=O)NCC(c2ccsc2)N2CCCCCC2)cc(C)c1Cl. The molecule has 0 bridgehead atoms. The van der Waals surface area contributed by atoms with Gasteiger partial charge in [-0.05, 0) is 85.4 Å². The zero-order valence-corrected chi connectivity index (χ0v) is 18.2. The van der Waals surface area contributed by atoms with Gasteiger partial charge in [-0.25, -0.2) is 0 Å². The quantitative estimate of drug-likeness (QED) is 0.675. The highest BCUT2D eigenvalue weighted by Crippen LogP contribution is 2.27. The lowest BCUT2D eigenvalue weighted by Gasteiger charge is -2.30. The molecule has 1 aliphatic rings. The van der Waals surface area contributed by atoms with Crippen molar-refractivity contribution in [3.8, 4) is 5.75 Å². The van der Waals surface area contributed by atoms with Crippen molar-refractivity contribution in [3.63, 3.8) is 0 Å². The first-order chi connectivity index (χ1) is 13.5. The largest absolute Gasteiger partial charge is 0.484 e. The van der Waals surface area contributed by atoms with Crippen LogP contribution < -0.4 is 10.1 Å². The number of nitrogens with one attached hydrogen (secondary N) is 1. The number of amides is 1. The summed E-state index contributed by atoms with van der Waals surface area (Å²) in [6, 6.07) is 6.14. The van der Waals surface area contributed by atoms with E-state index in [2.05, 4.69) is 27.0 Å². The molecular formula is C22H29ClN2O2S. The van der Waals surface area contributed by atoms with Crippen LogP contribution in [-0.2, 0) is 4.79 Å². The number of carbonyl (C=O) groups excluding carboxylic acids is 1. The number of aryl methyl sites for hydroxylation is 2. The molecule has 152 valence electrons. The van der Waals surface area contributed by atoms with Gasteiger partial charge in [-0.1, -0.05) is 24.4 Å². The van der Waals surface area contributed by atoms with Gasteiger partial charge in [-0.15, -0.1) is 0 Å². The first-order valence-corrected chi connectivity index (χ1v) is 11.3. The molecule has 1 aromatic heterocycles. The van der Waals surface area contributed by atoms with Gasteiger partial charge < -0.3 is 10.1 Å². The summed E-state index contributed by atoms with van der Waals surface area (Å²) in [5, 5.41) is 8.12. The summed E-state index contributed by atoms with van der Waals surface area (Å²) in [7, 11) is 0. The topological polar surface area (TPSA) is 41.6 Å². The average molecular weight is 421 g/mol. The number of thiophene rings is 1. The van der Waals surface area contributed by atoms with Crippen LogP contribution >= 0.6 is 22.9 Å². The third-order valence-corrected chi connectivity index (χ3v) is 6.58. The Morgan fingerprint density at radius 2 is 1.89 bits per heavy atom. The van der Waals surface area contributed by atoms with Gasteiger partial charge in [0.25, 0.3) is 5.91 Å². The number of ether oxygens (including phenoxy) is 1. The van der Waals surface area contributed by atoms with E-state index in [0.29, 0.717) is 12.3 Å². The molecule has 2 aromatic rings. The van der Waals surface area contributed by atoms with Crippen molar-refractivity contribution in [1.29, 1.82) is 0 Å². The molecule has 3 rings (SSSR count). The molecule has 1 saturated heterocycles. The number of carbonyl (C=O) groups is 1. The molecule has 1 N–H and O–H groups in total. The van der Waals surface area contributed by atoms with Gasteiger partial charge in [-0.2, -0.15) is 11.3 Å². The number of benzene rings is 1. The fourth-order valence-electron chi connectivity index (χ4n) is 3.73. The number of halogens is 1. The molecule has 1 aromatic carbocycles. The van der Waals surface area contributed by atoms with Gasteiger partial charge in [0.2, 0.25) is 0 Å². The Hall–Kier alpha value is -1.56. The van der Waals surface area contributed by atoms with E-state index in [-0.39, 0.29) is 18.6 Å². The van der Waals surface area contributed by atoms with E-state index in [4.69, 9.17) is 16.3 Å². The lowest BCUT2D eigenvalue weighted by atomic mass is 10.1. The molecule has 1 amide bonds. The van der Waals surface area contributed by atoms with Crippen LogP contribution in [0.3, 0.4) is 0 Å². The second-order valence-corrected chi connectivity index (χ2v) is 8.64. The highest BCUT2D eigenvalue weighted by atomic mass is 35.5. The van der Waals surface area contributed by atoms with Gasteiger partial charge in [0.05, 0.1) is 6.04 Å². The zero-order valence-electron chi connectivity index (χ0n) is 16.7. The van der Waals surface area contributed by atoms with Crippen molar-refractivity contribution >= 4 is 28.8 Å². The Balaban J connectivity index is 1.56. The summed E-state index contributed by atoms with van der Waals surface area (Å²) in [6.45, 7) is 6.69. The van der Waals surface area contributed by atoms with Crippen LogP contribution in [0.5, 0.6) is 5.75 Å². The normalized spacial score (nSPS) is 16.4. The summed E-state index contributed by atoms with van der Waals surface area (Å²) in [4.78, 5) is 14.9. The lowest BCUT2D eigenvalue weighted by Crippen LogP contribution is -2.40. The number of rotatable bonds is 7. The van der Waals surface area contributed by atoms with Crippen LogP contribution in [0.4, 0.5) is 0 Å². The van der Waals surface area contributed by atoms with Crippen LogP contribution in [0.2, 0.25) is 5.02 Å². The number of hydrogen-bond donors (Lipinski definition) is 1. The third-order valence-electron chi connectivity index (χ3n) is 5.28. The first-order valence-electron chi connectivity index (χ1n) is 9.97. The van der Waals surface area contributed by atoms with Gasteiger partial charge in [-0.3, -0.25) is 9.69 Å². The maximum absolute atomic E-state index is 12.4. The van der Waals surface area contributed by atoms with E-state index in [1.165, 1.54) is 31.2 Å². The van der Waals surface area contributed by atoms with E-state index in [1.54, 1.807) is 11.3 Å². The molecule has 0 saturated carbocycles. The lowest BCUT2D eigenvalue weighted by molar-refractivity contribution is -0.123. The molecule has 1 unspecified atom stereocenters. The van der Waals surface area contributed by atoms with Gasteiger partial charge >= 0.3 is 0 Å². The summed E-state index contributed by atoms with van der Waals surface area (Å²) < 4.78 is 5.69. The van der Waals surface area contributed by atoms with E-state index >= 15 is 0 Å². The molecule has 2 heterocycles. The van der Waals surface area contributed by atoms with Crippen LogP contribution in [0.25, 0.3) is 0 Å². The summed E-state index contributed by atoms with van der Waals surface area (Å²) in [5.74, 6) is 0.580. The number of hydrogen-bond acceptors (Lipinski definition) is 4. The summed E-state index contributed by atoms with van der Waals surface area (Å²) in [6.07, 6.45) is 5.06. The molecule has 6 heteroatoms. The minimum atomic E-state index is -0.0969. The second kappa shape index (κ2) is 10.3. The van der Waals surface area contributed by atoms with Gasteiger partial charge in [0, 0.05) is 11.6 Å². The van der Waals surface area contributed by atoms with Crippen molar-refractivity contribution < 1.29 is 9.53 Å². The molecule has 4 nitrogen and oxygen atoms in total. The van der Waals surface area contributed by atoms with Crippen LogP contribution in [-0.4, -0.2) is 37.0 Å². The molecule has 0 aliphatic carbocycles. The smallest absolute Gasteiger partial charge is 0.258 e. The average Bonchev–Trinajstić information content (AvgIpc) is 3.07. The van der Waals surface area contributed by atoms with E-state index in [9.17, 15) is 4.79 Å². The third kappa shape index (κ3) is 5.72. The fourth-order valence-corrected chi connectivity index (χ4v) is 4.55. The molecule has 1 fully saturated rings. The van der Waals surface area contributed by atoms with Crippen molar-refractivity contribution in [3.05, 3.63) is 50.7 Å². The predicted octanol–water partition coefficient (Wildman–Crippen LogP) is 5.13. The molecule has 0 spiro atoms. The van der Waals surface area contributed by atoms with E-state index < -0.39 is 0 Å². The molecule has 28 heavy (non-hydrogen) atoms. The fraction of sp³-hybridized carbons (Fsp3) is 0.500. The number of likely N-dealkylation sites (tertiary alicyclic amines) is 1. The summed E-state index contributed by atoms with van der Waals surface area (Å²) >= 11 is 7.90. The van der Waals surface area contributed by atoms with Crippen molar-refractivity contribution in [2.45, 2.75) is 45.6 Å². The second-order valence-electron chi connectivity index (χ2n) is 7.49. The van der Waals surface area contributed by atoms with Crippen LogP contribution in [0, 0.1) is 13.8 Å². The van der Waals surface area contributed by atoms with Crippen LogP contribution in [0.1, 0.15) is 48.4 Å². The highest BCUT2D eigenvalue weighted by Gasteiger charge is 2.22. The summed E-state index contributed by atoms with van der Waals surface area (Å²) in [5.41, 5.74) is 3.20. The maximum Gasteiger partial charge on any atom is 0.258 e. The Labute approximate surface area is 176 Å².